The molecule has 0 spiro atoms. The molecule has 1 aliphatic rings. The first-order valence-electron chi connectivity index (χ1n) is 7.32. The maximum absolute atomic E-state index is 11.5. The number of nitrogens with one attached hydrogen (secondary N) is 3. The van der Waals surface area contributed by atoms with Crippen LogP contribution in [0.1, 0.15) is 39.5 Å². The van der Waals surface area contributed by atoms with Crippen LogP contribution in [0, 0.1) is 11.8 Å². The van der Waals surface area contributed by atoms with Crippen LogP contribution < -0.4 is 16.0 Å². The summed E-state index contributed by atoms with van der Waals surface area (Å²) in [7, 11) is 0. The Kier molecular flexibility index (Phi) is 7.48. The minimum atomic E-state index is 0.0239. The lowest BCUT2D eigenvalue weighted by atomic mass is 10.1. The topological polar surface area (TPSA) is 70.2 Å². The molecule has 0 aliphatic carbocycles. The summed E-state index contributed by atoms with van der Waals surface area (Å²) in [6, 6.07) is 0. The van der Waals surface area contributed by atoms with E-state index in [1.165, 1.54) is 6.42 Å². The molecule has 0 bridgehead atoms. The molecule has 0 aromatic carbocycles. The van der Waals surface area contributed by atoms with Gasteiger partial charge >= 0.3 is 0 Å². The second kappa shape index (κ2) is 8.91. The summed E-state index contributed by atoms with van der Waals surface area (Å²) in [5, 5.41) is 8.99. The highest BCUT2D eigenvalue weighted by Gasteiger charge is 2.14. The van der Waals surface area contributed by atoms with E-state index in [4.69, 9.17) is 0 Å². The molecule has 1 heterocycles. The van der Waals surface area contributed by atoms with Crippen LogP contribution >= 0.6 is 0 Å². The van der Waals surface area contributed by atoms with Gasteiger partial charge in [-0.3, -0.25) is 9.59 Å². The first kappa shape index (κ1) is 16.0. The van der Waals surface area contributed by atoms with Gasteiger partial charge in [0.2, 0.25) is 11.8 Å². The van der Waals surface area contributed by atoms with Gasteiger partial charge in [-0.1, -0.05) is 13.8 Å². The van der Waals surface area contributed by atoms with Gasteiger partial charge in [0, 0.05) is 25.9 Å². The van der Waals surface area contributed by atoms with Crippen molar-refractivity contribution in [2.24, 2.45) is 11.8 Å². The molecule has 1 unspecified atom stereocenters. The van der Waals surface area contributed by atoms with Gasteiger partial charge in [0.25, 0.3) is 0 Å². The third-order valence-corrected chi connectivity index (χ3v) is 3.31. The van der Waals surface area contributed by atoms with Crippen molar-refractivity contribution in [3.05, 3.63) is 0 Å². The van der Waals surface area contributed by atoms with Gasteiger partial charge in [0.1, 0.15) is 0 Å². The number of hydrogen-bond acceptors (Lipinski definition) is 3. The quantitative estimate of drug-likeness (QED) is 0.606. The normalized spacial score (nSPS) is 18.6. The second-order valence-electron chi connectivity index (χ2n) is 5.70. The molecule has 1 rings (SSSR count). The Labute approximate surface area is 115 Å². The van der Waals surface area contributed by atoms with Crippen molar-refractivity contribution in [2.75, 3.05) is 26.2 Å². The molecule has 1 atom stereocenters. The Balaban J connectivity index is 1.96. The smallest absolute Gasteiger partial charge is 0.221 e. The molecule has 19 heavy (non-hydrogen) atoms. The minimum absolute atomic E-state index is 0.0239. The Morgan fingerprint density at radius 3 is 2.58 bits per heavy atom. The SMILES string of the molecule is CC(C)CC(=O)NCCC(=O)NCCC1CCNC1. The van der Waals surface area contributed by atoms with E-state index in [0.717, 1.165) is 26.1 Å². The molecule has 0 radical (unpaired) electrons. The van der Waals surface area contributed by atoms with Crippen LogP contribution in [0.3, 0.4) is 0 Å². The summed E-state index contributed by atoms with van der Waals surface area (Å²) in [6.07, 6.45) is 3.14. The average Bonchev–Trinajstić information content (AvgIpc) is 2.81. The van der Waals surface area contributed by atoms with Gasteiger partial charge in [0.15, 0.2) is 0 Å². The van der Waals surface area contributed by atoms with Gasteiger partial charge < -0.3 is 16.0 Å². The monoisotopic (exact) mass is 269 g/mol. The van der Waals surface area contributed by atoms with Crippen LogP contribution in [0.5, 0.6) is 0 Å². The maximum Gasteiger partial charge on any atom is 0.221 e. The molecule has 1 fully saturated rings. The molecule has 1 aliphatic heterocycles. The van der Waals surface area contributed by atoms with E-state index in [0.29, 0.717) is 31.2 Å². The van der Waals surface area contributed by atoms with Crippen LogP contribution in [0.2, 0.25) is 0 Å². The molecular weight excluding hydrogens is 242 g/mol. The standard InChI is InChI=1S/C14H27N3O2/c1-11(2)9-14(19)17-8-5-13(18)16-7-4-12-3-6-15-10-12/h11-12,15H,3-10H2,1-2H3,(H,16,18)(H,17,19). The van der Waals surface area contributed by atoms with E-state index in [2.05, 4.69) is 16.0 Å². The Morgan fingerprint density at radius 2 is 1.95 bits per heavy atom. The van der Waals surface area contributed by atoms with Crippen LogP contribution in [-0.4, -0.2) is 38.0 Å². The summed E-state index contributed by atoms with van der Waals surface area (Å²) < 4.78 is 0. The van der Waals surface area contributed by atoms with Crippen molar-refractivity contribution in [2.45, 2.75) is 39.5 Å². The summed E-state index contributed by atoms with van der Waals surface area (Å²) >= 11 is 0. The molecule has 5 nitrogen and oxygen atoms in total. The molecule has 0 aromatic rings. The van der Waals surface area contributed by atoms with Gasteiger partial charge in [-0.25, -0.2) is 0 Å². The molecular formula is C14H27N3O2. The lowest BCUT2D eigenvalue weighted by molar-refractivity contribution is -0.122. The van der Waals surface area contributed by atoms with Crippen molar-refractivity contribution >= 4 is 11.8 Å². The summed E-state index contributed by atoms with van der Waals surface area (Å²) in [5.41, 5.74) is 0. The molecule has 5 heteroatoms. The molecule has 110 valence electrons. The van der Waals surface area contributed by atoms with E-state index in [9.17, 15) is 9.59 Å². The van der Waals surface area contributed by atoms with E-state index in [-0.39, 0.29) is 11.8 Å². The molecule has 1 saturated heterocycles. The summed E-state index contributed by atoms with van der Waals surface area (Å²) in [5.74, 6) is 1.11. The third kappa shape index (κ3) is 7.82. The van der Waals surface area contributed by atoms with Gasteiger partial charge in [0.05, 0.1) is 0 Å². The van der Waals surface area contributed by atoms with Crippen molar-refractivity contribution in [3.8, 4) is 0 Å². The highest BCUT2D eigenvalue weighted by atomic mass is 16.2. The van der Waals surface area contributed by atoms with E-state index < -0.39 is 0 Å². The van der Waals surface area contributed by atoms with Crippen molar-refractivity contribution in [1.82, 2.24) is 16.0 Å². The fourth-order valence-corrected chi connectivity index (χ4v) is 2.22. The Bertz CT molecular complexity index is 286. The number of rotatable bonds is 8. The summed E-state index contributed by atoms with van der Waals surface area (Å²) in [4.78, 5) is 22.9. The van der Waals surface area contributed by atoms with Crippen LogP contribution in [0.4, 0.5) is 0 Å². The first-order valence-corrected chi connectivity index (χ1v) is 7.32. The predicted octanol–water partition coefficient (Wildman–Crippen LogP) is 0.655. The number of carbonyl (C=O) groups excluding carboxylic acids is 2. The maximum atomic E-state index is 11.5. The largest absolute Gasteiger partial charge is 0.356 e. The first-order chi connectivity index (χ1) is 9.08. The third-order valence-electron chi connectivity index (χ3n) is 3.31. The average molecular weight is 269 g/mol. The highest BCUT2D eigenvalue weighted by molar-refractivity contribution is 5.78. The number of carbonyl (C=O) groups is 2. The lowest BCUT2D eigenvalue weighted by Gasteiger charge is -2.10. The molecule has 2 amide bonds. The van der Waals surface area contributed by atoms with E-state index in [1.807, 2.05) is 13.8 Å². The van der Waals surface area contributed by atoms with Crippen molar-refractivity contribution in [3.63, 3.8) is 0 Å². The minimum Gasteiger partial charge on any atom is -0.356 e. The zero-order valence-corrected chi connectivity index (χ0v) is 12.1. The van der Waals surface area contributed by atoms with Crippen LogP contribution in [0.15, 0.2) is 0 Å². The highest BCUT2D eigenvalue weighted by Crippen LogP contribution is 2.10. The zero-order chi connectivity index (χ0) is 14.1. The van der Waals surface area contributed by atoms with E-state index in [1.54, 1.807) is 0 Å². The summed E-state index contributed by atoms with van der Waals surface area (Å²) in [6.45, 7) is 7.35. The second-order valence-corrected chi connectivity index (χ2v) is 5.70. The Morgan fingerprint density at radius 1 is 1.21 bits per heavy atom. The Hall–Kier alpha value is -1.10. The van der Waals surface area contributed by atoms with Gasteiger partial charge in [-0.05, 0) is 37.8 Å². The van der Waals surface area contributed by atoms with Crippen LogP contribution in [0.25, 0.3) is 0 Å². The number of amides is 2. The predicted molar refractivity (Wildman–Crippen MR) is 75.7 cm³/mol. The molecule has 0 aromatic heterocycles. The molecule has 0 saturated carbocycles. The van der Waals surface area contributed by atoms with Crippen LogP contribution in [-0.2, 0) is 9.59 Å². The van der Waals surface area contributed by atoms with Crippen molar-refractivity contribution in [1.29, 1.82) is 0 Å². The fraction of sp³-hybridized carbons (Fsp3) is 0.857. The van der Waals surface area contributed by atoms with Gasteiger partial charge in [-0.15, -0.1) is 0 Å². The van der Waals surface area contributed by atoms with Gasteiger partial charge in [-0.2, -0.15) is 0 Å². The fourth-order valence-electron chi connectivity index (χ4n) is 2.22. The molecule has 3 N–H and O–H groups in total. The van der Waals surface area contributed by atoms with E-state index >= 15 is 0 Å². The zero-order valence-electron chi connectivity index (χ0n) is 12.1. The van der Waals surface area contributed by atoms with Crippen molar-refractivity contribution < 1.29 is 9.59 Å². The lowest BCUT2D eigenvalue weighted by Crippen LogP contribution is -2.32. The number of hydrogen-bond donors (Lipinski definition) is 3.